The average molecular weight is 264 g/mol. The fourth-order valence-electron chi connectivity index (χ4n) is 2.74. The number of carbonyl (C=O) groups excluding carboxylic acids is 1. The van der Waals surface area contributed by atoms with Crippen LogP contribution in [-0.2, 0) is 11.2 Å². The van der Waals surface area contributed by atoms with E-state index >= 15 is 0 Å². The van der Waals surface area contributed by atoms with Crippen LogP contribution < -0.4 is 5.73 Å². The van der Waals surface area contributed by atoms with Crippen LogP contribution in [0.5, 0.6) is 0 Å². The molecule has 0 unspecified atom stereocenters. The number of hydrogen-bond donors (Lipinski definition) is 1. The van der Waals surface area contributed by atoms with E-state index in [9.17, 15) is 9.18 Å². The summed E-state index contributed by atoms with van der Waals surface area (Å²) in [6.07, 6.45) is 3.36. The average Bonchev–Trinajstić information content (AvgIpc) is 2.38. The summed E-state index contributed by atoms with van der Waals surface area (Å²) in [6.45, 7) is 2.71. The van der Waals surface area contributed by atoms with Crippen LogP contribution in [0.1, 0.15) is 31.7 Å². The van der Waals surface area contributed by atoms with Crippen molar-refractivity contribution >= 4 is 5.91 Å². The minimum atomic E-state index is -0.298. The van der Waals surface area contributed by atoms with Gasteiger partial charge in [-0.05, 0) is 43.9 Å². The zero-order valence-corrected chi connectivity index (χ0v) is 11.3. The van der Waals surface area contributed by atoms with Crippen LogP contribution in [0, 0.1) is 5.82 Å². The number of nitrogens with two attached hydrogens (primary N) is 1. The normalized spacial score (nSPS) is 21.2. The Bertz CT molecular complexity index is 448. The van der Waals surface area contributed by atoms with Gasteiger partial charge < -0.3 is 10.6 Å². The van der Waals surface area contributed by atoms with Crippen LogP contribution in [0.4, 0.5) is 4.39 Å². The predicted molar refractivity (Wildman–Crippen MR) is 73.1 cm³/mol. The molecule has 1 aromatic carbocycles. The molecular weight excluding hydrogens is 243 g/mol. The van der Waals surface area contributed by atoms with E-state index in [1.165, 1.54) is 12.1 Å². The van der Waals surface area contributed by atoms with Crippen molar-refractivity contribution in [2.24, 2.45) is 5.73 Å². The van der Waals surface area contributed by atoms with Gasteiger partial charge in [-0.15, -0.1) is 0 Å². The molecule has 0 aromatic heterocycles. The minimum Gasteiger partial charge on any atom is -0.338 e. The summed E-state index contributed by atoms with van der Waals surface area (Å²) in [7, 11) is 0. The number of likely N-dealkylation sites (tertiary alicyclic amines) is 1. The molecule has 0 spiro atoms. The number of amides is 1. The van der Waals surface area contributed by atoms with Crippen LogP contribution >= 0.6 is 0 Å². The summed E-state index contributed by atoms with van der Waals surface area (Å²) in [6, 6.07) is 6.33. The van der Waals surface area contributed by atoms with Crippen molar-refractivity contribution in [1.29, 1.82) is 0 Å². The number of nitrogens with zero attached hydrogens (tertiary/aromatic N) is 1. The first-order chi connectivity index (χ1) is 9.08. The first kappa shape index (κ1) is 14.0. The monoisotopic (exact) mass is 264 g/mol. The van der Waals surface area contributed by atoms with E-state index in [1.807, 2.05) is 11.8 Å². The highest BCUT2D eigenvalue weighted by Gasteiger charge is 2.28. The Morgan fingerprint density at radius 1 is 1.53 bits per heavy atom. The molecule has 4 heteroatoms. The summed E-state index contributed by atoms with van der Waals surface area (Å²) in [4.78, 5) is 14.2. The van der Waals surface area contributed by atoms with Gasteiger partial charge in [0, 0.05) is 18.6 Å². The third kappa shape index (κ3) is 3.53. The van der Waals surface area contributed by atoms with Gasteiger partial charge in [-0.1, -0.05) is 12.1 Å². The second-order valence-electron chi connectivity index (χ2n) is 5.32. The highest BCUT2D eigenvalue weighted by molar-refractivity contribution is 5.79. The molecule has 0 bridgehead atoms. The maximum Gasteiger partial charge on any atom is 0.227 e. The van der Waals surface area contributed by atoms with Crippen molar-refractivity contribution in [2.45, 2.75) is 44.7 Å². The van der Waals surface area contributed by atoms with E-state index in [2.05, 4.69) is 0 Å². The van der Waals surface area contributed by atoms with Crippen molar-refractivity contribution in [3.05, 3.63) is 35.6 Å². The molecule has 3 nitrogen and oxygen atoms in total. The third-order valence-electron chi connectivity index (χ3n) is 3.72. The molecule has 2 rings (SSSR count). The fourth-order valence-corrected chi connectivity index (χ4v) is 2.74. The lowest BCUT2D eigenvalue weighted by molar-refractivity contribution is -0.134. The van der Waals surface area contributed by atoms with Gasteiger partial charge in [-0.2, -0.15) is 0 Å². The lowest BCUT2D eigenvalue weighted by Crippen LogP contribution is -2.52. The molecule has 1 fully saturated rings. The lowest BCUT2D eigenvalue weighted by atomic mass is 9.96. The zero-order valence-electron chi connectivity index (χ0n) is 11.3. The molecule has 19 heavy (non-hydrogen) atoms. The van der Waals surface area contributed by atoms with Crippen molar-refractivity contribution in [3.63, 3.8) is 0 Å². The summed E-state index contributed by atoms with van der Waals surface area (Å²) < 4.78 is 13.1. The molecule has 1 aromatic rings. The van der Waals surface area contributed by atoms with Gasteiger partial charge in [-0.3, -0.25) is 4.79 Å². The van der Waals surface area contributed by atoms with Gasteiger partial charge in [0.1, 0.15) is 5.82 Å². The van der Waals surface area contributed by atoms with Crippen LogP contribution in [0.25, 0.3) is 0 Å². The van der Waals surface area contributed by atoms with Crippen molar-refractivity contribution in [2.75, 3.05) is 6.54 Å². The zero-order chi connectivity index (χ0) is 13.8. The predicted octanol–water partition coefficient (Wildman–Crippen LogP) is 2.10. The molecule has 0 aliphatic carbocycles. The molecule has 1 aliphatic heterocycles. The summed E-state index contributed by atoms with van der Waals surface area (Å²) in [5.41, 5.74) is 6.68. The maximum absolute atomic E-state index is 13.1. The Hall–Kier alpha value is -1.42. The summed E-state index contributed by atoms with van der Waals surface area (Å²) in [5.74, 6) is -0.250. The molecule has 104 valence electrons. The number of hydrogen-bond acceptors (Lipinski definition) is 2. The van der Waals surface area contributed by atoms with Crippen molar-refractivity contribution in [3.8, 4) is 0 Å². The van der Waals surface area contributed by atoms with Gasteiger partial charge >= 0.3 is 0 Å². The Kier molecular flexibility index (Phi) is 4.53. The van der Waals surface area contributed by atoms with Crippen molar-refractivity contribution < 1.29 is 9.18 Å². The van der Waals surface area contributed by atoms with E-state index in [1.54, 1.807) is 12.1 Å². The van der Waals surface area contributed by atoms with Gasteiger partial charge in [0.15, 0.2) is 0 Å². The molecular formula is C15H21FN2O. The van der Waals surface area contributed by atoms with E-state index in [0.29, 0.717) is 0 Å². The Morgan fingerprint density at radius 2 is 2.32 bits per heavy atom. The Labute approximate surface area is 113 Å². The SMILES string of the molecule is C[C@@H](N)[C@H]1CCCCN1C(=O)Cc1cccc(F)c1. The van der Waals surface area contributed by atoms with Crippen LogP contribution in [0.15, 0.2) is 24.3 Å². The Balaban J connectivity index is 2.05. The van der Waals surface area contributed by atoms with Crippen LogP contribution in [-0.4, -0.2) is 29.4 Å². The van der Waals surface area contributed by atoms with E-state index in [0.717, 1.165) is 31.4 Å². The van der Waals surface area contributed by atoms with Gasteiger partial charge in [0.2, 0.25) is 5.91 Å². The number of benzene rings is 1. The summed E-state index contributed by atoms with van der Waals surface area (Å²) >= 11 is 0. The van der Waals surface area contributed by atoms with Crippen LogP contribution in [0.2, 0.25) is 0 Å². The van der Waals surface area contributed by atoms with E-state index < -0.39 is 0 Å². The smallest absolute Gasteiger partial charge is 0.227 e. The first-order valence-electron chi connectivity index (χ1n) is 6.87. The molecule has 0 saturated carbocycles. The molecule has 1 heterocycles. The summed E-state index contributed by atoms with van der Waals surface area (Å²) in [5, 5.41) is 0. The van der Waals surface area contributed by atoms with Gasteiger partial charge in [-0.25, -0.2) is 4.39 Å². The maximum atomic E-state index is 13.1. The Morgan fingerprint density at radius 3 is 3.00 bits per heavy atom. The number of carbonyl (C=O) groups is 1. The molecule has 2 atom stereocenters. The standard InChI is InChI=1S/C15H21FN2O/c1-11(17)14-7-2-3-8-18(14)15(19)10-12-5-4-6-13(16)9-12/h4-6,9,11,14H,2-3,7-8,10,17H2,1H3/t11-,14-/m1/s1. The number of piperidine rings is 1. The van der Waals surface area contributed by atoms with Gasteiger partial charge in [0.05, 0.1) is 6.42 Å². The van der Waals surface area contributed by atoms with Crippen molar-refractivity contribution in [1.82, 2.24) is 4.90 Å². The second kappa shape index (κ2) is 6.15. The highest BCUT2D eigenvalue weighted by atomic mass is 19.1. The van der Waals surface area contributed by atoms with Crippen LogP contribution in [0.3, 0.4) is 0 Å². The molecule has 2 N–H and O–H groups in total. The van der Waals surface area contributed by atoms with E-state index in [-0.39, 0.29) is 30.2 Å². The van der Waals surface area contributed by atoms with Gasteiger partial charge in [0.25, 0.3) is 0 Å². The molecule has 1 amide bonds. The lowest BCUT2D eigenvalue weighted by Gasteiger charge is -2.38. The topological polar surface area (TPSA) is 46.3 Å². The minimum absolute atomic E-state index is 0.0169. The first-order valence-corrected chi connectivity index (χ1v) is 6.87. The fraction of sp³-hybridized carbons (Fsp3) is 0.533. The number of halogens is 1. The quantitative estimate of drug-likeness (QED) is 0.908. The third-order valence-corrected chi connectivity index (χ3v) is 3.72. The molecule has 0 radical (unpaired) electrons. The number of rotatable bonds is 3. The van der Waals surface area contributed by atoms with E-state index in [4.69, 9.17) is 5.73 Å². The molecule has 1 aliphatic rings. The molecule has 1 saturated heterocycles. The highest BCUT2D eigenvalue weighted by Crippen LogP contribution is 2.20. The largest absolute Gasteiger partial charge is 0.338 e. The second-order valence-corrected chi connectivity index (χ2v) is 5.32.